The second-order valence-electron chi connectivity index (χ2n) is 7.17. The zero-order chi connectivity index (χ0) is 20.8. The molecule has 2 amide bonds. The van der Waals surface area contributed by atoms with E-state index in [1.807, 2.05) is 30.3 Å². The van der Waals surface area contributed by atoms with Crippen LogP contribution < -0.4 is 9.96 Å². The second-order valence-corrected chi connectivity index (χ2v) is 7.61. The van der Waals surface area contributed by atoms with Gasteiger partial charge in [-0.15, -0.1) is 0 Å². The molecular formula is C23H16ClFN2O3. The number of hydroxylamine groups is 1. The molecule has 150 valence electrons. The van der Waals surface area contributed by atoms with Crippen molar-refractivity contribution in [1.82, 2.24) is 0 Å². The summed E-state index contributed by atoms with van der Waals surface area (Å²) in [5, 5.41) is 2.15. The molecule has 0 saturated carbocycles. The minimum atomic E-state index is -1.04. The molecule has 0 spiro atoms. The molecule has 2 aliphatic rings. The van der Waals surface area contributed by atoms with Gasteiger partial charge >= 0.3 is 0 Å². The minimum Gasteiger partial charge on any atom is -0.273 e. The fourth-order valence-corrected chi connectivity index (χ4v) is 4.21. The highest BCUT2D eigenvalue weighted by molar-refractivity contribution is 6.30. The van der Waals surface area contributed by atoms with E-state index in [4.69, 9.17) is 16.4 Å². The molecule has 5 rings (SSSR count). The van der Waals surface area contributed by atoms with E-state index in [1.165, 1.54) is 18.2 Å². The molecular weight excluding hydrogens is 407 g/mol. The normalized spacial score (nSPS) is 23.2. The van der Waals surface area contributed by atoms with Gasteiger partial charge in [-0.3, -0.25) is 14.4 Å². The van der Waals surface area contributed by atoms with Crippen molar-refractivity contribution >= 4 is 34.8 Å². The van der Waals surface area contributed by atoms with Gasteiger partial charge in [-0.2, -0.15) is 0 Å². The highest BCUT2D eigenvalue weighted by Crippen LogP contribution is 2.47. The standard InChI is InChI=1S/C23H16ClFN2O3/c24-15-12-10-14(11-13-15)20-19-21(30-27(20)16-6-2-1-3-7-16)23(29)26(22(19)28)18-9-5-4-8-17(18)25/h1-13,19-21H/t19-,20+,21+/m0/s1. The average Bonchev–Trinajstić information content (AvgIpc) is 3.26. The molecule has 0 aromatic heterocycles. The van der Waals surface area contributed by atoms with Gasteiger partial charge in [0.05, 0.1) is 17.4 Å². The third-order valence-electron chi connectivity index (χ3n) is 5.43. The minimum absolute atomic E-state index is 0.0633. The van der Waals surface area contributed by atoms with Crippen LogP contribution in [0.15, 0.2) is 78.9 Å². The molecule has 7 heteroatoms. The Balaban J connectivity index is 1.60. The number of imide groups is 1. The maximum absolute atomic E-state index is 14.4. The molecule has 0 aliphatic carbocycles. The van der Waals surface area contributed by atoms with Crippen LogP contribution in [0.2, 0.25) is 5.02 Å². The Labute approximate surface area is 177 Å². The summed E-state index contributed by atoms with van der Waals surface area (Å²) in [6.07, 6.45) is -1.04. The lowest BCUT2D eigenvalue weighted by molar-refractivity contribution is -0.126. The first-order chi connectivity index (χ1) is 14.6. The highest BCUT2D eigenvalue weighted by Gasteiger charge is 2.60. The number of nitrogens with zero attached hydrogens (tertiary/aromatic N) is 2. The van der Waals surface area contributed by atoms with E-state index >= 15 is 0 Å². The van der Waals surface area contributed by atoms with Crippen molar-refractivity contribution in [2.45, 2.75) is 12.1 Å². The summed E-state index contributed by atoms with van der Waals surface area (Å²) in [4.78, 5) is 33.4. The first kappa shape index (κ1) is 18.8. The Morgan fingerprint density at radius 1 is 0.833 bits per heavy atom. The zero-order valence-electron chi connectivity index (χ0n) is 15.6. The van der Waals surface area contributed by atoms with Crippen LogP contribution in [-0.4, -0.2) is 17.9 Å². The van der Waals surface area contributed by atoms with E-state index in [2.05, 4.69) is 0 Å². The van der Waals surface area contributed by atoms with Gasteiger partial charge in [-0.05, 0) is 42.0 Å². The van der Waals surface area contributed by atoms with E-state index < -0.39 is 35.7 Å². The van der Waals surface area contributed by atoms with Crippen LogP contribution in [0.25, 0.3) is 0 Å². The second kappa shape index (κ2) is 7.23. The number of hydrogen-bond acceptors (Lipinski definition) is 4. The highest BCUT2D eigenvalue weighted by atomic mass is 35.5. The fraction of sp³-hybridized carbons (Fsp3) is 0.130. The molecule has 0 bridgehead atoms. The number of carbonyl (C=O) groups is 2. The van der Waals surface area contributed by atoms with E-state index in [9.17, 15) is 14.0 Å². The van der Waals surface area contributed by atoms with Crippen molar-refractivity contribution in [3.05, 3.63) is 95.3 Å². The summed E-state index contributed by atoms with van der Waals surface area (Å²) in [5.41, 5.74) is 1.42. The van der Waals surface area contributed by atoms with Crippen LogP contribution in [0.5, 0.6) is 0 Å². The molecule has 3 aromatic rings. The Hall–Kier alpha value is -3.22. The van der Waals surface area contributed by atoms with Crippen molar-refractivity contribution in [3.63, 3.8) is 0 Å². The number of para-hydroxylation sites is 2. The SMILES string of the molecule is O=C1[C@H]2[C@@H](c3ccc(Cl)cc3)N(c3ccccc3)O[C@H]2C(=O)N1c1ccccc1F. The number of carbonyl (C=O) groups excluding carboxylic acids is 2. The van der Waals surface area contributed by atoms with Crippen molar-refractivity contribution in [2.75, 3.05) is 9.96 Å². The Morgan fingerprint density at radius 2 is 1.50 bits per heavy atom. The van der Waals surface area contributed by atoms with Gasteiger partial charge in [0.25, 0.3) is 5.91 Å². The number of amides is 2. The Morgan fingerprint density at radius 3 is 2.20 bits per heavy atom. The topological polar surface area (TPSA) is 49.9 Å². The molecule has 2 fully saturated rings. The first-order valence-corrected chi connectivity index (χ1v) is 9.83. The van der Waals surface area contributed by atoms with Gasteiger partial charge in [-0.1, -0.05) is 54.1 Å². The van der Waals surface area contributed by atoms with Crippen molar-refractivity contribution in [3.8, 4) is 0 Å². The molecule has 2 heterocycles. The summed E-state index contributed by atoms with van der Waals surface area (Å²) in [6, 6.07) is 21.5. The molecule has 5 nitrogen and oxygen atoms in total. The van der Waals surface area contributed by atoms with Gasteiger partial charge in [0.1, 0.15) is 11.7 Å². The van der Waals surface area contributed by atoms with Crippen LogP contribution in [-0.2, 0) is 14.4 Å². The number of hydrogen-bond donors (Lipinski definition) is 0. The van der Waals surface area contributed by atoms with Gasteiger partial charge < -0.3 is 0 Å². The quantitative estimate of drug-likeness (QED) is 0.582. The van der Waals surface area contributed by atoms with Gasteiger partial charge in [0.15, 0.2) is 6.10 Å². The molecule has 0 radical (unpaired) electrons. The Bertz CT molecular complexity index is 1120. The molecule has 2 aliphatic heterocycles. The van der Waals surface area contributed by atoms with Gasteiger partial charge in [0.2, 0.25) is 5.91 Å². The number of rotatable bonds is 3. The largest absolute Gasteiger partial charge is 0.273 e. The number of benzene rings is 3. The first-order valence-electron chi connectivity index (χ1n) is 9.45. The predicted molar refractivity (Wildman–Crippen MR) is 110 cm³/mol. The fourth-order valence-electron chi connectivity index (χ4n) is 4.08. The lowest BCUT2D eigenvalue weighted by atomic mass is 9.90. The molecule has 3 aromatic carbocycles. The van der Waals surface area contributed by atoms with Crippen LogP contribution >= 0.6 is 11.6 Å². The number of halogens is 2. The Kier molecular flexibility index (Phi) is 4.53. The van der Waals surface area contributed by atoms with E-state index in [1.54, 1.807) is 35.4 Å². The van der Waals surface area contributed by atoms with Crippen LogP contribution in [0.3, 0.4) is 0 Å². The van der Waals surface area contributed by atoms with Crippen LogP contribution in [0.1, 0.15) is 11.6 Å². The van der Waals surface area contributed by atoms with Gasteiger partial charge in [0, 0.05) is 5.02 Å². The maximum Gasteiger partial charge on any atom is 0.266 e. The molecule has 0 N–H and O–H groups in total. The lowest BCUT2D eigenvalue weighted by Crippen LogP contribution is -2.37. The van der Waals surface area contributed by atoms with E-state index in [0.29, 0.717) is 10.7 Å². The average molecular weight is 423 g/mol. The monoisotopic (exact) mass is 422 g/mol. The number of anilines is 2. The third kappa shape index (κ3) is 2.88. The summed E-state index contributed by atoms with van der Waals surface area (Å²) in [7, 11) is 0. The predicted octanol–water partition coefficient (Wildman–Crippen LogP) is 4.53. The molecule has 3 atom stereocenters. The van der Waals surface area contributed by atoms with Crippen molar-refractivity contribution in [2.24, 2.45) is 5.92 Å². The summed E-state index contributed by atoms with van der Waals surface area (Å²) < 4.78 is 14.4. The van der Waals surface area contributed by atoms with E-state index in [0.717, 1.165) is 10.5 Å². The molecule has 30 heavy (non-hydrogen) atoms. The van der Waals surface area contributed by atoms with Crippen molar-refractivity contribution in [1.29, 1.82) is 0 Å². The third-order valence-corrected chi connectivity index (χ3v) is 5.68. The van der Waals surface area contributed by atoms with Gasteiger partial charge in [-0.25, -0.2) is 14.4 Å². The molecule has 2 saturated heterocycles. The number of fused-ring (bicyclic) bond motifs is 1. The summed E-state index contributed by atoms with van der Waals surface area (Å²) in [5.74, 6) is -2.53. The van der Waals surface area contributed by atoms with Crippen molar-refractivity contribution < 1.29 is 18.8 Å². The summed E-state index contributed by atoms with van der Waals surface area (Å²) in [6.45, 7) is 0. The zero-order valence-corrected chi connectivity index (χ0v) is 16.4. The maximum atomic E-state index is 14.4. The smallest absolute Gasteiger partial charge is 0.266 e. The van der Waals surface area contributed by atoms with E-state index in [-0.39, 0.29) is 5.69 Å². The lowest BCUT2D eigenvalue weighted by Gasteiger charge is -2.28. The van der Waals surface area contributed by atoms with Crippen LogP contribution in [0.4, 0.5) is 15.8 Å². The van der Waals surface area contributed by atoms with Crippen LogP contribution in [0, 0.1) is 11.7 Å². The summed E-state index contributed by atoms with van der Waals surface area (Å²) >= 11 is 6.04. The molecule has 0 unspecified atom stereocenters.